The van der Waals surface area contributed by atoms with Crippen molar-refractivity contribution >= 4 is 10.0 Å². The van der Waals surface area contributed by atoms with Crippen LogP contribution in [0.15, 0.2) is 17.0 Å². The van der Waals surface area contributed by atoms with Gasteiger partial charge in [0.05, 0.1) is 19.3 Å². The Labute approximate surface area is 126 Å². The molecule has 0 spiro atoms. The fraction of sp³-hybridized carbons (Fsp3) is 0.571. The van der Waals surface area contributed by atoms with Gasteiger partial charge in [0.25, 0.3) is 0 Å². The van der Waals surface area contributed by atoms with Crippen molar-refractivity contribution < 1.29 is 23.0 Å². The van der Waals surface area contributed by atoms with Crippen molar-refractivity contribution in [3.8, 4) is 11.5 Å². The highest BCUT2D eigenvalue weighted by atomic mass is 32.2. The second-order valence-electron chi connectivity index (χ2n) is 4.63. The molecule has 0 saturated carbocycles. The highest BCUT2D eigenvalue weighted by Crippen LogP contribution is 2.32. The SMILES string of the molecule is CCOc1cc(S(=O)(=O)NC[C@H](C)O)c(OCC)cc1C. The number of ether oxygens (including phenoxy) is 2. The first-order valence-electron chi connectivity index (χ1n) is 6.89. The van der Waals surface area contributed by atoms with Crippen molar-refractivity contribution in [2.75, 3.05) is 19.8 Å². The fourth-order valence-corrected chi connectivity index (χ4v) is 3.00. The topological polar surface area (TPSA) is 84.9 Å². The molecule has 0 aliphatic carbocycles. The van der Waals surface area contributed by atoms with Crippen LogP contribution in [-0.4, -0.2) is 39.4 Å². The summed E-state index contributed by atoms with van der Waals surface area (Å²) in [4.78, 5) is 0.0130. The van der Waals surface area contributed by atoms with Crippen LogP contribution in [0.25, 0.3) is 0 Å². The van der Waals surface area contributed by atoms with E-state index in [2.05, 4.69) is 4.72 Å². The molecule has 0 amide bonds. The van der Waals surface area contributed by atoms with E-state index in [1.54, 1.807) is 13.0 Å². The minimum absolute atomic E-state index is 0.0130. The molecule has 2 N–H and O–H groups in total. The maximum Gasteiger partial charge on any atom is 0.244 e. The molecular formula is C14H23NO5S. The molecule has 120 valence electrons. The minimum atomic E-state index is -3.78. The van der Waals surface area contributed by atoms with Crippen molar-refractivity contribution in [2.24, 2.45) is 0 Å². The van der Waals surface area contributed by atoms with E-state index < -0.39 is 16.1 Å². The lowest BCUT2D eigenvalue weighted by Crippen LogP contribution is -2.31. The average Bonchev–Trinajstić information content (AvgIpc) is 2.40. The molecule has 6 nitrogen and oxygen atoms in total. The van der Waals surface area contributed by atoms with Crippen LogP contribution in [0.2, 0.25) is 0 Å². The van der Waals surface area contributed by atoms with Crippen LogP contribution >= 0.6 is 0 Å². The summed E-state index contributed by atoms with van der Waals surface area (Å²) in [6.07, 6.45) is -0.771. The number of aryl methyl sites for hydroxylation is 1. The van der Waals surface area contributed by atoms with E-state index in [9.17, 15) is 13.5 Å². The summed E-state index contributed by atoms with van der Waals surface area (Å²) < 4.78 is 37.9. The predicted octanol–water partition coefficient (Wildman–Crippen LogP) is 1.45. The number of nitrogens with one attached hydrogen (secondary N) is 1. The van der Waals surface area contributed by atoms with Gasteiger partial charge in [-0.25, -0.2) is 13.1 Å². The molecule has 0 bridgehead atoms. The molecular weight excluding hydrogens is 294 g/mol. The maximum atomic E-state index is 12.3. The molecule has 21 heavy (non-hydrogen) atoms. The van der Waals surface area contributed by atoms with Crippen molar-refractivity contribution in [1.82, 2.24) is 4.72 Å². The smallest absolute Gasteiger partial charge is 0.244 e. The van der Waals surface area contributed by atoms with Crippen LogP contribution < -0.4 is 14.2 Å². The molecule has 0 radical (unpaired) electrons. The van der Waals surface area contributed by atoms with E-state index >= 15 is 0 Å². The number of aliphatic hydroxyl groups excluding tert-OH is 1. The van der Waals surface area contributed by atoms with Gasteiger partial charge >= 0.3 is 0 Å². The van der Waals surface area contributed by atoms with Crippen LogP contribution in [0.3, 0.4) is 0 Å². The zero-order chi connectivity index (χ0) is 16.0. The lowest BCUT2D eigenvalue weighted by atomic mass is 10.2. The van der Waals surface area contributed by atoms with Gasteiger partial charge in [-0.3, -0.25) is 0 Å². The summed E-state index contributed by atoms with van der Waals surface area (Å²) >= 11 is 0. The summed E-state index contributed by atoms with van der Waals surface area (Å²) in [5.74, 6) is 0.773. The van der Waals surface area contributed by atoms with Crippen LogP contribution in [0.1, 0.15) is 26.3 Å². The number of aliphatic hydroxyl groups is 1. The lowest BCUT2D eigenvalue weighted by molar-refractivity contribution is 0.198. The first-order chi connectivity index (χ1) is 9.81. The Morgan fingerprint density at radius 2 is 1.76 bits per heavy atom. The third-order valence-electron chi connectivity index (χ3n) is 2.70. The minimum Gasteiger partial charge on any atom is -0.494 e. The van der Waals surface area contributed by atoms with Gasteiger partial charge < -0.3 is 14.6 Å². The number of rotatable bonds is 8. The molecule has 1 rings (SSSR count). The normalized spacial score (nSPS) is 13.0. The third-order valence-corrected chi connectivity index (χ3v) is 4.14. The van der Waals surface area contributed by atoms with Gasteiger partial charge in [0, 0.05) is 12.6 Å². The van der Waals surface area contributed by atoms with E-state index in [1.807, 2.05) is 13.8 Å². The van der Waals surface area contributed by atoms with E-state index in [1.165, 1.54) is 13.0 Å². The van der Waals surface area contributed by atoms with Crippen LogP contribution in [-0.2, 0) is 10.0 Å². The fourth-order valence-electron chi connectivity index (χ4n) is 1.74. The Kier molecular flexibility index (Phi) is 6.44. The second-order valence-corrected chi connectivity index (χ2v) is 6.37. The number of hydrogen-bond donors (Lipinski definition) is 2. The van der Waals surface area contributed by atoms with Crippen molar-refractivity contribution in [1.29, 1.82) is 0 Å². The molecule has 0 heterocycles. The second kappa shape index (κ2) is 7.63. The molecule has 1 atom stereocenters. The maximum absolute atomic E-state index is 12.3. The van der Waals surface area contributed by atoms with Gasteiger partial charge in [0.2, 0.25) is 10.0 Å². The predicted molar refractivity (Wildman–Crippen MR) is 80.4 cm³/mol. The van der Waals surface area contributed by atoms with Gasteiger partial charge in [-0.1, -0.05) is 0 Å². The molecule has 1 aromatic carbocycles. The highest BCUT2D eigenvalue weighted by Gasteiger charge is 2.22. The van der Waals surface area contributed by atoms with Gasteiger partial charge in [-0.15, -0.1) is 0 Å². The first kappa shape index (κ1) is 17.7. The average molecular weight is 317 g/mol. The Hall–Kier alpha value is -1.31. The van der Waals surface area contributed by atoms with Crippen LogP contribution in [0, 0.1) is 6.92 Å². The van der Waals surface area contributed by atoms with Crippen molar-refractivity contribution in [2.45, 2.75) is 38.7 Å². The zero-order valence-corrected chi connectivity index (χ0v) is 13.7. The lowest BCUT2D eigenvalue weighted by Gasteiger charge is -2.16. The third kappa shape index (κ3) is 4.87. The summed E-state index contributed by atoms with van der Waals surface area (Å²) in [6, 6.07) is 3.10. The van der Waals surface area contributed by atoms with Crippen LogP contribution in [0.5, 0.6) is 11.5 Å². The first-order valence-corrected chi connectivity index (χ1v) is 8.38. The summed E-state index contributed by atoms with van der Waals surface area (Å²) in [6.45, 7) is 7.68. The Balaban J connectivity index is 3.26. The van der Waals surface area contributed by atoms with Crippen LogP contribution in [0.4, 0.5) is 0 Å². The van der Waals surface area contributed by atoms with E-state index in [-0.39, 0.29) is 17.2 Å². The van der Waals surface area contributed by atoms with Gasteiger partial charge in [-0.2, -0.15) is 0 Å². The molecule has 0 aliphatic heterocycles. The molecule has 0 saturated heterocycles. The van der Waals surface area contributed by atoms with Crippen molar-refractivity contribution in [3.05, 3.63) is 17.7 Å². The van der Waals surface area contributed by atoms with E-state index in [4.69, 9.17) is 9.47 Å². The van der Waals surface area contributed by atoms with E-state index in [0.29, 0.717) is 19.0 Å². The summed E-state index contributed by atoms with van der Waals surface area (Å²) in [5.41, 5.74) is 0.801. The standard InChI is InChI=1S/C14H23NO5S/c1-5-19-12-8-14(13(20-6-2)7-10(12)3)21(17,18)15-9-11(4)16/h7-8,11,15-16H,5-6,9H2,1-4H3/t11-/m0/s1. The largest absolute Gasteiger partial charge is 0.494 e. The molecule has 0 unspecified atom stereocenters. The highest BCUT2D eigenvalue weighted by molar-refractivity contribution is 7.89. The Morgan fingerprint density at radius 1 is 1.19 bits per heavy atom. The molecule has 0 aromatic heterocycles. The van der Waals surface area contributed by atoms with Gasteiger partial charge in [0.15, 0.2) is 0 Å². The Morgan fingerprint density at radius 3 is 2.29 bits per heavy atom. The molecule has 0 fully saturated rings. The number of sulfonamides is 1. The summed E-state index contributed by atoms with van der Waals surface area (Å²) in [7, 11) is -3.78. The summed E-state index contributed by atoms with van der Waals surface area (Å²) in [5, 5.41) is 9.24. The molecule has 0 aliphatic rings. The quantitative estimate of drug-likeness (QED) is 0.758. The van der Waals surface area contributed by atoms with Gasteiger partial charge in [-0.05, 0) is 39.3 Å². The van der Waals surface area contributed by atoms with Crippen molar-refractivity contribution in [3.63, 3.8) is 0 Å². The Bertz CT molecular complexity index is 569. The number of hydrogen-bond acceptors (Lipinski definition) is 5. The molecule has 7 heteroatoms. The molecule has 1 aromatic rings. The van der Waals surface area contributed by atoms with Gasteiger partial charge in [0.1, 0.15) is 16.4 Å². The monoisotopic (exact) mass is 317 g/mol. The number of benzene rings is 1. The van der Waals surface area contributed by atoms with E-state index in [0.717, 1.165) is 5.56 Å². The zero-order valence-electron chi connectivity index (χ0n) is 12.8.